The molecule has 0 saturated heterocycles. The Bertz CT molecular complexity index is 925. The van der Waals surface area contributed by atoms with Crippen LogP contribution in [0.25, 0.3) is 0 Å². The average Bonchev–Trinajstić information content (AvgIpc) is 3.14. The Morgan fingerprint density at radius 2 is 1.79 bits per heavy atom. The number of nitrogens with zero attached hydrogens (tertiary/aromatic N) is 1. The van der Waals surface area contributed by atoms with Gasteiger partial charge in [0, 0.05) is 11.1 Å². The lowest BCUT2D eigenvalue weighted by atomic mass is 9.79. The molecule has 0 bridgehead atoms. The van der Waals surface area contributed by atoms with Gasteiger partial charge in [0.15, 0.2) is 11.6 Å². The lowest BCUT2D eigenvalue weighted by molar-refractivity contribution is -0.137. The fraction of sp³-hybridized carbons (Fsp3) is 0.318. The average molecular weight is 389 g/mol. The van der Waals surface area contributed by atoms with Crippen LogP contribution in [0.1, 0.15) is 47.4 Å². The van der Waals surface area contributed by atoms with E-state index < -0.39 is 17.6 Å². The second-order valence-electron chi connectivity index (χ2n) is 7.08. The fourth-order valence-electron chi connectivity index (χ4n) is 3.44. The van der Waals surface area contributed by atoms with Crippen LogP contribution in [-0.4, -0.2) is 12.3 Å². The normalized spacial score (nSPS) is 16.8. The number of hydrogen-bond acceptors (Lipinski definition) is 2. The minimum Gasteiger partial charge on any atom is -0.486 e. The summed E-state index contributed by atoms with van der Waals surface area (Å²) in [5, 5.41) is 0. The number of ether oxygens (including phenoxy) is 1. The number of benzene rings is 2. The molecule has 2 aliphatic rings. The Hall–Kier alpha value is -2.63. The first-order chi connectivity index (χ1) is 13.4. The Morgan fingerprint density at radius 3 is 2.36 bits per heavy atom. The molecule has 146 valence electrons. The summed E-state index contributed by atoms with van der Waals surface area (Å²) >= 11 is 0. The van der Waals surface area contributed by atoms with E-state index in [1.165, 1.54) is 12.1 Å². The number of allylic oxidation sites excluding steroid dienone is 1. The van der Waals surface area contributed by atoms with Crippen molar-refractivity contribution in [1.82, 2.24) is 0 Å². The molecule has 0 radical (unpaired) electrons. The van der Waals surface area contributed by atoms with Crippen LogP contribution in [-0.2, 0) is 12.8 Å². The molecule has 2 nitrogen and oxygen atoms in total. The second-order valence-corrected chi connectivity index (χ2v) is 7.08. The zero-order valence-electron chi connectivity index (χ0n) is 15.1. The van der Waals surface area contributed by atoms with Gasteiger partial charge in [-0.05, 0) is 48.6 Å². The van der Waals surface area contributed by atoms with Crippen molar-refractivity contribution < 1.29 is 22.3 Å². The molecule has 6 heteroatoms. The molecule has 4 rings (SSSR count). The molecule has 1 aliphatic carbocycles. The summed E-state index contributed by atoms with van der Waals surface area (Å²) in [5.74, 6) is -0.0149. The molecule has 0 N–H and O–H groups in total. The Labute approximate surface area is 160 Å². The molecule has 2 aromatic carbocycles. The highest BCUT2D eigenvalue weighted by atomic mass is 19.4. The molecule has 2 aromatic rings. The summed E-state index contributed by atoms with van der Waals surface area (Å²) < 4.78 is 59.2. The summed E-state index contributed by atoms with van der Waals surface area (Å²) in [7, 11) is 0. The van der Waals surface area contributed by atoms with E-state index in [9.17, 15) is 13.2 Å². The van der Waals surface area contributed by atoms with E-state index in [4.69, 9.17) is 4.74 Å². The van der Waals surface area contributed by atoms with E-state index in [2.05, 4.69) is 4.99 Å². The van der Waals surface area contributed by atoms with E-state index in [-0.39, 0.29) is 18.3 Å². The standard InChI is InChI=1S/C22H19F4NO/c23-20-18(19-5-2-12-27-19)11-10-17(15-3-1-4-15)21(20)28-13-14-6-8-16(9-7-14)22(24,25)26/h2,5-11,15H,1,3-4,12-13H2. The third-order valence-electron chi connectivity index (χ3n) is 5.26. The molecule has 0 spiro atoms. The summed E-state index contributed by atoms with van der Waals surface area (Å²) in [6, 6.07) is 8.36. The maximum Gasteiger partial charge on any atom is 0.416 e. The van der Waals surface area contributed by atoms with Gasteiger partial charge in [0.1, 0.15) is 6.61 Å². The summed E-state index contributed by atoms with van der Waals surface area (Å²) in [4.78, 5) is 4.27. The number of rotatable bonds is 5. The van der Waals surface area contributed by atoms with Crippen LogP contribution in [0.4, 0.5) is 17.6 Å². The van der Waals surface area contributed by atoms with Gasteiger partial charge in [-0.2, -0.15) is 13.2 Å². The van der Waals surface area contributed by atoms with Gasteiger partial charge >= 0.3 is 6.18 Å². The highest BCUT2D eigenvalue weighted by Crippen LogP contribution is 2.43. The van der Waals surface area contributed by atoms with Crippen LogP contribution in [0.3, 0.4) is 0 Å². The predicted octanol–water partition coefficient (Wildman–Crippen LogP) is 6.05. The Morgan fingerprint density at radius 1 is 1.04 bits per heavy atom. The zero-order valence-corrected chi connectivity index (χ0v) is 15.1. The monoisotopic (exact) mass is 389 g/mol. The van der Waals surface area contributed by atoms with Crippen molar-refractivity contribution in [3.63, 3.8) is 0 Å². The lowest BCUT2D eigenvalue weighted by Gasteiger charge is -2.28. The van der Waals surface area contributed by atoms with Gasteiger partial charge in [-0.15, -0.1) is 0 Å². The molecular formula is C22H19F4NO. The fourth-order valence-corrected chi connectivity index (χ4v) is 3.44. The maximum absolute atomic E-state index is 15.2. The van der Waals surface area contributed by atoms with Gasteiger partial charge in [-0.1, -0.05) is 30.7 Å². The van der Waals surface area contributed by atoms with Gasteiger partial charge in [-0.25, -0.2) is 4.39 Å². The third kappa shape index (κ3) is 3.68. The Kier molecular flexibility index (Phi) is 4.96. The van der Waals surface area contributed by atoms with Crippen LogP contribution in [0.5, 0.6) is 5.75 Å². The predicted molar refractivity (Wildman–Crippen MR) is 99.3 cm³/mol. The van der Waals surface area contributed by atoms with Gasteiger partial charge in [-0.3, -0.25) is 4.99 Å². The van der Waals surface area contributed by atoms with Crippen molar-refractivity contribution in [2.75, 3.05) is 6.54 Å². The quantitative estimate of drug-likeness (QED) is 0.571. The molecule has 1 heterocycles. The van der Waals surface area contributed by atoms with Crippen molar-refractivity contribution in [3.05, 3.63) is 76.6 Å². The highest BCUT2D eigenvalue weighted by Gasteiger charge is 2.30. The zero-order chi connectivity index (χ0) is 19.7. The molecule has 0 aromatic heterocycles. The smallest absolute Gasteiger partial charge is 0.416 e. The summed E-state index contributed by atoms with van der Waals surface area (Å²) in [5.41, 5.74) is 1.62. The molecule has 1 aliphatic heterocycles. The maximum atomic E-state index is 15.2. The van der Waals surface area contributed by atoms with Crippen LogP contribution in [0.15, 0.2) is 53.5 Å². The van der Waals surface area contributed by atoms with E-state index in [1.54, 1.807) is 12.1 Å². The first-order valence-electron chi connectivity index (χ1n) is 9.26. The Balaban J connectivity index is 1.60. The van der Waals surface area contributed by atoms with Crippen LogP contribution in [0, 0.1) is 5.82 Å². The van der Waals surface area contributed by atoms with Gasteiger partial charge < -0.3 is 4.74 Å². The minimum absolute atomic E-state index is 0.000542. The number of hydrogen-bond donors (Lipinski definition) is 0. The number of aliphatic imine (C=N–C) groups is 1. The number of alkyl halides is 3. The summed E-state index contributed by atoms with van der Waals surface area (Å²) in [6.45, 7) is 0.529. The number of halogens is 4. The molecule has 0 unspecified atom stereocenters. The lowest BCUT2D eigenvalue weighted by Crippen LogP contribution is -2.14. The minimum atomic E-state index is -4.38. The van der Waals surface area contributed by atoms with E-state index in [0.29, 0.717) is 23.4 Å². The van der Waals surface area contributed by atoms with Crippen molar-refractivity contribution in [2.45, 2.75) is 38.0 Å². The molecule has 1 saturated carbocycles. The van der Waals surface area contributed by atoms with E-state index >= 15 is 4.39 Å². The highest BCUT2D eigenvalue weighted by molar-refractivity contribution is 6.10. The van der Waals surface area contributed by atoms with Crippen LogP contribution in [0.2, 0.25) is 0 Å². The van der Waals surface area contributed by atoms with Crippen LogP contribution < -0.4 is 4.74 Å². The van der Waals surface area contributed by atoms with E-state index in [0.717, 1.165) is 37.0 Å². The molecular weight excluding hydrogens is 370 g/mol. The molecule has 0 amide bonds. The van der Waals surface area contributed by atoms with Crippen LogP contribution >= 0.6 is 0 Å². The molecule has 0 atom stereocenters. The van der Waals surface area contributed by atoms with Gasteiger partial charge in [0.05, 0.1) is 17.8 Å². The SMILES string of the molecule is Fc1c(C2=NCC=C2)ccc(C2CCC2)c1OCc1ccc(C(F)(F)F)cc1. The van der Waals surface area contributed by atoms with Gasteiger partial charge in [0.25, 0.3) is 0 Å². The molecule has 1 fully saturated rings. The second kappa shape index (κ2) is 7.41. The summed E-state index contributed by atoms with van der Waals surface area (Å²) in [6.07, 6.45) is 2.32. The van der Waals surface area contributed by atoms with Gasteiger partial charge in [0.2, 0.25) is 0 Å². The van der Waals surface area contributed by atoms with E-state index in [1.807, 2.05) is 12.1 Å². The first kappa shape index (κ1) is 18.7. The first-order valence-corrected chi connectivity index (χ1v) is 9.26. The largest absolute Gasteiger partial charge is 0.486 e. The van der Waals surface area contributed by atoms with Crippen molar-refractivity contribution in [1.29, 1.82) is 0 Å². The third-order valence-corrected chi connectivity index (χ3v) is 5.26. The topological polar surface area (TPSA) is 21.6 Å². The van der Waals surface area contributed by atoms with Crippen molar-refractivity contribution in [3.8, 4) is 5.75 Å². The van der Waals surface area contributed by atoms with Crippen molar-refractivity contribution in [2.24, 2.45) is 4.99 Å². The molecule has 28 heavy (non-hydrogen) atoms. The van der Waals surface area contributed by atoms with Crippen molar-refractivity contribution >= 4 is 5.71 Å².